The highest BCUT2D eigenvalue weighted by Crippen LogP contribution is 2.17. The van der Waals surface area contributed by atoms with Crippen LogP contribution in [0.4, 0.5) is 0 Å². The summed E-state index contributed by atoms with van der Waals surface area (Å²) >= 11 is 5.30. The van der Waals surface area contributed by atoms with Crippen LogP contribution in [0.1, 0.15) is 11.1 Å². The van der Waals surface area contributed by atoms with Crippen molar-refractivity contribution >= 4 is 12.2 Å². The SMILES string of the molecule is N#Cc1cccc(Cn2c(-c3ccncc3)n[nH]c2=S)c1. The fourth-order valence-electron chi connectivity index (χ4n) is 2.11. The summed E-state index contributed by atoms with van der Waals surface area (Å²) in [5.74, 6) is 0.754. The van der Waals surface area contributed by atoms with Crippen molar-refractivity contribution in [3.05, 3.63) is 64.7 Å². The van der Waals surface area contributed by atoms with Crippen molar-refractivity contribution in [2.24, 2.45) is 0 Å². The molecule has 2 heterocycles. The number of nitriles is 1. The molecule has 0 saturated carbocycles. The zero-order chi connectivity index (χ0) is 14.7. The maximum Gasteiger partial charge on any atom is 0.195 e. The van der Waals surface area contributed by atoms with Crippen molar-refractivity contribution in [2.75, 3.05) is 0 Å². The van der Waals surface area contributed by atoms with E-state index in [1.165, 1.54) is 0 Å². The van der Waals surface area contributed by atoms with Gasteiger partial charge in [0.15, 0.2) is 10.6 Å². The van der Waals surface area contributed by atoms with Gasteiger partial charge in [0.25, 0.3) is 0 Å². The summed E-state index contributed by atoms with van der Waals surface area (Å²) in [6.07, 6.45) is 3.43. The predicted molar refractivity (Wildman–Crippen MR) is 80.9 cm³/mol. The second kappa shape index (κ2) is 5.69. The topological polar surface area (TPSA) is 70.3 Å². The summed E-state index contributed by atoms with van der Waals surface area (Å²) in [6.45, 7) is 0.558. The van der Waals surface area contributed by atoms with Crippen molar-refractivity contribution in [3.8, 4) is 17.5 Å². The maximum absolute atomic E-state index is 8.97. The number of nitrogens with zero attached hydrogens (tertiary/aromatic N) is 4. The number of hydrogen-bond acceptors (Lipinski definition) is 4. The molecule has 0 aliphatic heterocycles. The van der Waals surface area contributed by atoms with Crippen LogP contribution in [0.15, 0.2) is 48.8 Å². The van der Waals surface area contributed by atoms with E-state index in [2.05, 4.69) is 21.3 Å². The van der Waals surface area contributed by atoms with Crippen LogP contribution in [-0.2, 0) is 6.54 Å². The molecule has 0 fully saturated rings. The van der Waals surface area contributed by atoms with Gasteiger partial charge in [-0.3, -0.25) is 14.6 Å². The van der Waals surface area contributed by atoms with Gasteiger partial charge in [0.2, 0.25) is 0 Å². The monoisotopic (exact) mass is 293 g/mol. The second-order valence-corrected chi connectivity index (χ2v) is 4.87. The summed E-state index contributed by atoms with van der Waals surface area (Å²) in [6, 6.07) is 13.4. The van der Waals surface area contributed by atoms with Crippen molar-refractivity contribution in [3.63, 3.8) is 0 Å². The molecule has 2 aromatic heterocycles. The van der Waals surface area contributed by atoms with E-state index < -0.39 is 0 Å². The first kappa shape index (κ1) is 13.2. The number of H-pyrrole nitrogens is 1. The van der Waals surface area contributed by atoms with Crippen LogP contribution in [0.2, 0.25) is 0 Å². The Morgan fingerprint density at radius 1 is 1.24 bits per heavy atom. The molecule has 102 valence electrons. The lowest BCUT2D eigenvalue weighted by molar-refractivity contribution is 0.790. The van der Waals surface area contributed by atoms with Crippen LogP contribution < -0.4 is 0 Å². The van der Waals surface area contributed by atoms with Gasteiger partial charge >= 0.3 is 0 Å². The van der Waals surface area contributed by atoms with Crippen molar-refractivity contribution in [1.29, 1.82) is 5.26 Å². The van der Waals surface area contributed by atoms with Crippen molar-refractivity contribution in [2.45, 2.75) is 6.54 Å². The molecule has 1 N–H and O–H groups in total. The highest BCUT2D eigenvalue weighted by atomic mass is 32.1. The molecule has 0 amide bonds. The number of hydrogen-bond donors (Lipinski definition) is 1. The molecule has 6 heteroatoms. The number of nitrogens with one attached hydrogen (secondary N) is 1. The van der Waals surface area contributed by atoms with Gasteiger partial charge in [-0.2, -0.15) is 10.4 Å². The Morgan fingerprint density at radius 2 is 2.05 bits per heavy atom. The Labute approximate surface area is 126 Å². The highest BCUT2D eigenvalue weighted by molar-refractivity contribution is 7.71. The minimum absolute atomic E-state index is 0.546. The number of benzene rings is 1. The van der Waals surface area contributed by atoms with Gasteiger partial charge in [0, 0.05) is 18.0 Å². The van der Waals surface area contributed by atoms with Gasteiger partial charge < -0.3 is 0 Å². The smallest absolute Gasteiger partial charge is 0.195 e. The zero-order valence-electron chi connectivity index (χ0n) is 11.0. The fourth-order valence-corrected chi connectivity index (χ4v) is 2.30. The van der Waals surface area contributed by atoms with Gasteiger partial charge in [-0.1, -0.05) is 12.1 Å². The minimum atomic E-state index is 0.546. The molecule has 0 bridgehead atoms. The lowest BCUT2D eigenvalue weighted by Gasteiger charge is -2.07. The third-order valence-electron chi connectivity index (χ3n) is 3.09. The third-order valence-corrected chi connectivity index (χ3v) is 3.41. The predicted octanol–water partition coefficient (Wildman–Crippen LogP) is 2.92. The summed E-state index contributed by atoms with van der Waals surface area (Å²) in [5.41, 5.74) is 2.57. The van der Waals surface area contributed by atoms with Gasteiger partial charge in [-0.05, 0) is 42.0 Å². The van der Waals surface area contributed by atoms with E-state index in [4.69, 9.17) is 17.5 Å². The largest absolute Gasteiger partial charge is 0.296 e. The van der Waals surface area contributed by atoms with Crippen LogP contribution >= 0.6 is 12.2 Å². The first-order chi connectivity index (χ1) is 10.3. The summed E-state index contributed by atoms with van der Waals surface area (Å²) in [5, 5.41) is 16.1. The molecule has 0 saturated heterocycles. The fraction of sp³-hybridized carbons (Fsp3) is 0.0667. The minimum Gasteiger partial charge on any atom is -0.296 e. The van der Waals surface area contributed by atoms with Gasteiger partial charge in [0.1, 0.15) is 0 Å². The van der Waals surface area contributed by atoms with E-state index in [9.17, 15) is 0 Å². The molecule has 1 aromatic carbocycles. The summed E-state index contributed by atoms with van der Waals surface area (Å²) < 4.78 is 2.45. The molecule has 3 rings (SSSR count). The molecular weight excluding hydrogens is 282 g/mol. The average molecular weight is 293 g/mol. The number of aromatic nitrogens is 4. The van der Waals surface area contributed by atoms with E-state index in [0.717, 1.165) is 17.0 Å². The van der Waals surface area contributed by atoms with Gasteiger partial charge in [0.05, 0.1) is 18.2 Å². The highest BCUT2D eigenvalue weighted by Gasteiger charge is 2.09. The van der Waals surface area contributed by atoms with Crippen LogP contribution in [0.5, 0.6) is 0 Å². The summed E-state index contributed by atoms with van der Waals surface area (Å²) in [7, 11) is 0. The molecule has 5 nitrogen and oxygen atoms in total. The van der Waals surface area contributed by atoms with E-state index in [1.807, 2.05) is 34.9 Å². The first-order valence-corrected chi connectivity index (χ1v) is 6.73. The molecule has 0 unspecified atom stereocenters. The molecule has 21 heavy (non-hydrogen) atoms. The van der Waals surface area contributed by atoms with Gasteiger partial charge in [-0.15, -0.1) is 0 Å². The van der Waals surface area contributed by atoms with E-state index in [0.29, 0.717) is 16.9 Å². The molecule has 0 aliphatic rings. The molecule has 0 spiro atoms. The normalized spacial score (nSPS) is 10.2. The Kier molecular flexibility index (Phi) is 3.58. The zero-order valence-corrected chi connectivity index (χ0v) is 11.8. The standard InChI is InChI=1S/C15H11N5S/c16-9-11-2-1-3-12(8-11)10-20-14(18-19-15(20)21)13-4-6-17-7-5-13/h1-8H,10H2,(H,19,21). The molecule has 3 aromatic rings. The van der Waals surface area contributed by atoms with Crippen molar-refractivity contribution < 1.29 is 0 Å². The number of pyridine rings is 1. The van der Waals surface area contributed by atoms with E-state index in [-0.39, 0.29) is 0 Å². The molecule has 0 radical (unpaired) electrons. The third kappa shape index (κ3) is 2.73. The Morgan fingerprint density at radius 3 is 2.81 bits per heavy atom. The molecular formula is C15H11N5S. The van der Waals surface area contributed by atoms with Gasteiger partial charge in [-0.25, -0.2) is 0 Å². The number of aromatic amines is 1. The summed E-state index contributed by atoms with van der Waals surface area (Å²) in [4.78, 5) is 4.00. The first-order valence-electron chi connectivity index (χ1n) is 6.32. The Bertz CT molecular complexity index is 858. The molecule has 0 aliphatic carbocycles. The molecule has 0 atom stereocenters. The van der Waals surface area contributed by atoms with Crippen LogP contribution in [0.3, 0.4) is 0 Å². The maximum atomic E-state index is 8.97. The Balaban J connectivity index is 2.02. The number of rotatable bonds is 3. The van der Waals surface area contributed by atoms with Crippen molar-refractivity contribution in [1.82, 2.24) is 19.7 Å². The second-order valence-electron chi connectivity index (χ2n) is 4.49. The van der Waals surface area contributed by atoms with E-state index in [1.54, 1.807) is 18.5 Å². The van der Waals surface area contributed by atoms with E-state index >= 15 is 0 Å². The van der Waals surface area contributed by atoms with Crippen LogP contribution in [0, 0.1) is 16.1 Å². The Hall–Kier alpha value is -2.78. The lowest BCUT2D eigenvalue weighted by atomic mass is 10.1. The van der Waals surface area contributed by atoms with Crippen LogP contribution in [-0.4, -0.2) is 19.7 Å². The quantitative estimate of drug-likeness (QED) is 0.754. The average Bonchev–Trinajstić information content (AvgIpc) is 2.89. The van der Waals surface area contributed by atoms with Crippen LogP contribution in [0.25, 0.3) is 11.4 Å². The lowest BCUT2D eigenvalue weighted by Crippen LogP contribution is -2.02.